The molecule has 0 radical (unpaired) electrons. The summed E-state index contributed by atoms with van der Waals surface area (Å²) in [6.45, 7) is 3.52. The molecule has 1 aromatic rings. The summed E-state index contributed by atoms with van der Waals surface area (Å²) in [4.78, 5) is 34.5. The molecule has 0 saturated carbocycles. The smallest absolute Gasteiger partial charge is 0.313 e. The molecule has 0 amide bonds. The fourth-order valence-electron chi connectivity index (χ4n) is 2.14. The third-order valence-corrected chi connectivity index (χ3v) is 3.51. The van der Waals surface area contributed by atoms with Crippen molar-refractivity contribution in [3.63, 3.8) is 0 Å². The van der Waals surface area contributed by atoms with Gasteiger partial charge < -0.3 is 9.47 Å². The minimum absolute atomic E-state index is 0.0682. The molecule has 1 aromatic carbocycles. The second-order valence-corrected chi connectivity index (χ2v) is 5.07. The maximum absolute atomic E-state index is 14.5. The highest BCUT2D eigenvalue weighted by atomic mass is 19.1. The van der Waals surface area contributed by atoms with E-state index in [1.807, 2.05) is 0 Å². The van der Waals surface area contributed by atoms with Crippen molar-refractivity contribution in [3.05, 3.63) is 35.1 Å². The first-order valence-corrected chi connectivity index (χ1v) is 7.43. The van der Waals surface area contributed by atoms with Crippen molar-refractivity contribution in [3.8, 4) is 0 Å². The molecule has 0 bridgehead atoms. The van der Waals surface area contributed by atoms with Crippen LogP contribution >= 0.6 is 0 Å². The van der Waals surface area contributed by atoms with E-state index in [9.17, 15) is 18.8 Å². The first kappa shape index (κ1) is 18.8. The van der Waals surface area contributed by atoms with E-state index in [0.29, 0.717) is 5.56 Å². The van der Waals surface area contributed by atoms with E-state index in [1.165, 1.54) is 13.2 Å². The van der Waals surface area contributed by atoms with Crippen molar-refractivity contribution in [2.24, 2.45) is 0 Å². The minimum atomic E-state index is -0.767. The molecule has 1 atom stereocenters. The van der Waals surface area contributed by atoms with Crippen LogP contribution in [0.2, 0.25) is 0 Å². The summed E-state index contributed by atoms with van der Waals surface area (Å²) in [5.41, 5.74) is 0.550. The number of rotatable bonds is 8. The first-order valence-electron chi connectivity index (χ1n) is 7.43. The number of benzene rings is 1. The van der Waals surface area contributed by atoms with Crippen LogP contribution in [0, 0.1) is 5.82 Å². The molecular weight excluding hydrogens is 303 g/mol. The minimum Gasteiger partial charge on any atom is -0.469 e. The number of ketones is 1. The summed E-state index contributed by atoms with van der Waals surface area (Å²) in [6.07, 6.45) is -0.140. The normalized spacial score (nSPS) is 11.7. The van der Waals surface area contributed by atoms with Crippen molar-refractivity contribution in [2.75, 3.05) is 13.7 Å². The Morgan fingerprint density at radius 1 is 1.22 bits per heavy atom. The number of Topliss-reactive ketones (excluding diaryl/α,β-unsaturated/α-hetero) is 1. The molecule has 1 unspecified atom stereocenters. The molecule has 126 valence electrons. The lowest BCUT2D eigenvalue weighted by Gasteiger charge is -2.14. The van der Waals surface area contributed by atoms with Crippen LogP contribution in [0.4, 0.5) is 4.39 Å². The van der Waals surface area contributed by atoms with E-state index in [2.05, 4.69) is 4.74 Å². The Morgan fingerprint density at radius 2 is 1.91 bits per heavy atom. The predicted octanol–water partition coefficient (Wildman–Crippen LogP) is 2.56. The zero-order valence-corrected chi connectivity index (χ0v) is 13.6. The number of carbonyl (C=O) groups is 3. The average Bonchev–Trinajstić information content (AvgIpc) is 2.53. The van der Waals surface area contributed by atoms with Gasteiger partial charge in [0.1, 0.15) is 12.2 Å². The Bertz CT molecular complexity index is 582. The highest BCUT2D eigenvalue weighted by Gasteiger charge is 2.23. The number of carbonyl (C=O) groups excluding carboxylic acids is 3. The fourth-order valence-corrected chi connectivity index (χ4v) is 2.14. The van der Waals surface area contributed by atoms with Crippen molar-refractivity contribution < 1.29 is 28.2 Å². The molecule has 0 aliphatic carbocycles. The Morgan fingerprint density at radius 3 is 2.52 bits per heavy atom. The van der Waals surface area contributed by atoms with E-state index in [1.54, 1.807) is 26.0 Å². The van der Waals surface area contributed by atoms with Gasteiger partial charge >= 0.3 is 11.9 Å². The highest BCUT2D eigenvalue weighted by Crippen LogP contribution is 2.24. The average molecular weight is 324 g/mol. The van der Waals surface area contributed by atoms with Gasteiger partial charge in [-0.1, -0.05) is 25.1 Å². The molecule has 0 spiro atoms. The summed E-state index contributed by atoms with van der Waals surface area (Å²) in [6, 6.07) is 4.69. The summed E-state index contributed by atoms with van der Waals surface area (Å²) in [5, 5.41) is 0. The van der Waals surface area contributed by atoms with Gasteiger partial charge in [-0.3, -0.25) is 14.4 Å². The standard InChI is InChI=1S/C17H21FO5/c1-4-23-15(20)9-8-12-6-5-7-13(17(12)18)11(2)14(19)10-16(21)22-3/h5-7,11H,4,8-10H2,1-3H3. The number of hydrogen-bond donors (Lipinski definition) is 0. The van der Waals surface area contributed by atoms with Crippen molar-refractivity contribution in [1.82, 2.24) is 0 Å². The van der Waals surface area contributed by atoms with Crippen molar-refractivity contribution in [1.29, 1.82) is 0 Å². The second-order valence-electron chi connectivity index (χ2n) is 5.07. The molecule has 6 heteroatoms. The lowest BCUT2D eigenvalue weighted by atomic mass is 9.92. The molecule has 23 heavy (non-hydrogen) atoms. The van der Waals surface area contributed by atoms with Crippen LogP contribution in [0.1, 0.15) is 43.7 Å². The molecule has 0 fully saturated rings. The molecule has 0 aliphatic rings. The SMILES string of the molecule is CCOC(=O)CCc1cccc(C(C)C(=O)CC(=O)OC)c1F. The van der Waals surface area contributed by atoms with Crippen LogP contribution in [0.15, 0.2) is 18.2 Å². The van der Waals surface area contributed by atoms with Crippen LogP contribution in [-0.2, 0) is 30.3 Å². The first-order chi connectivity index (χ1) is 10.9. The number of halogens is 1. The number of esters is 2. The van der Waals surface area contributed by atoms with Gasteiger partial charge in [0.25, 0.3) is 0 Å². The lowest BCUT2D eigenvalue weighted by molar-refractivity contribution is -0.144. The number of ether oxygens (including phenoxy) is 2. The van der Waals surface area contributed by atoms with E-state index in [0.717, 1.165) is 0 Å². The van der Waals surface area contributed by atoms with Gasteiger partial charge in [-0.15, -0.1) is 0 Å². The molecule has 0 aromatic heterocycles. The second kappa shape index (κ2) is 9.02. The summed E-state index contributed by atoms with van der Waals surface area (Å²) >= 11 is 0. The van der Waals surface area contributed by atoms with E-state index >= 15 is 0 Å². The zero-order chi connectivity index (χ0) is 17.4. The van der Waals surface area contributed by atoms with Gasteiger partial charge in [0.05, 0.1) is 13.7 Å². The van der Waals surface area contributed by atoms with Gasteiger partial charge in [0.2, 0.25) is 0 Å². The quantitative estimate of drug-likeness (QED) is 0.543. The molecule has 0 saturated heterocycles. The summed E-state index contributed by atoms with van der Waals surface area (Å²) < 4.78 is 23.8. The van der Waals surface area contributed by atoms with Crippen LogP contribution in [0.5, 0.6) is 0 Å². The maximum atomic E-state index is 14.5. The molecular formula is C17H21FO5. The molecule has 0 heterocycles. The number of aryl methyl sites for hydroxylation is 1. The van der Waals surface area contributed by atoms with Crippen molar-refractivity contribution in [2.45, 2.75) is 39.0 Å². The van der Waals surface area contributed by atoms with Crippen LogP contribution in [0.25, 0.3) is 0 Å². The van der Waals surface area contributed by atoms with Crippen LogP contribution < -0.4 is 0 Å². The summed E-state index contributed by atoms with van der Waals surface area (Å²) in [7, 11) is 1.19. The third kappa shape index (κ3) is 5.47. The van der Waals surface area contributed by atoms with Gasteiger partial charge in [-0.2, -0.15) is 0 Å². The zero-order valence-electron chi connectivity index (χ0n) is 13.6. The molecule has 1 rings (SSSR count). The third-order valence-electron chi connectivity index (χ3n) is 3.51. The van der Waals surface area contributed by atoms with Gasteiger partial charge in [0, 0.05) is 12.3 Å². The van der Waals surface area contributed by atoms with Crippen LogP contribution in [-0.4, -0.2) is 31.4 Å². The Labute approximate surface area is 134 Å². The molecule has 0 N–H and O–H groups in total. The summed E-state index contributed by atoms with van der Waals surface area (Å²) in [5.74, 6) is -2.76. The van der Waals surface area contributed by atoms with Crippen LogP contribution in [0.3, 0.4) is 0 Å². The predicted molar refractivity (Wildman–Crippen MR) is 81.4 cm³/mol. The van der Waals surface area contributed by atoms with Crippen molar-refractivity contribution >= 4 is 17.7 Å². The number of hydrogen-bond acceptors (Lipinski definition) is 5. The molecule has 0 aliphatic heterocycles. The monoisotopic (exact) mass is 324 g/mol. The Kier molecular flexibility index (Phi) is 7.38. The van der Waals surface area contributed by atoms with E-state index in [4.69, 9.17) is 4.74 Å². The topological polar surface area (TPSA) is 69.7 Å². The largest absolute Gasteiger partial charge is 0.469 e. The molecule has 5 nitrogen and oxygen atoms in total. The van der Waals surface area contributed by atoms with E-state index in [-0.39, 0.29) is 25.0 Å². The Balaban J connectivity index is 2.84. The highest BCUT2D eigenvalue weighted by molar-refractivity contribution is 5.98. The van der Waals surface area contributed by atoms with Gasteiger partial charge in [-0.25, -0.2) is 4.39 Å². The lowest BCUT2D eigenvalue weighted by Crippen LogP contribution is -2.17. The van der Waals surface area contributed by atoms with E-state index < -0.39 is 35.9 Å². The van der Waals surface area contributed by atoms with Gasteiger partial charge in [0.15, 0.2) is 5.78 Å². The Hall–Kier alpha value is -2.24. The van der Waals surface area contributed by atoms with Gasteiger partial charge in [-0.05, 0) is 24.5 Å². The number of methoxy groups -OCH3 is 1. The fraction of sp³-hybridized carbons (Fsp3) is 0.471. The maximum Gasteiger partial charge on any atom is 0.313 e.